The van der Waals surface area contributed by atoms with E-state index in [1.807, 2.05) is 31.2 Å². The maximum Gasteiger partial charge on any atom is 0.127 e. The zero-order chi connectivity index (χ0) is 15.2. The molecule has 0 aliphatic carbocycles. The summed E-state index contributed by atoms with van der Waals surface area (Å²) >= 11 is 0. The molecule has 0 aromatic heterocycles. The van der Waals surface area contributed by atoms with Crippen LogP contribution < -0.4 is 4.74 Å². The van der Waals surface area contributed by atoms with Gasteiger partial charge in [0, 0.05) is 21.9 Å². The van der Waals surface area contributed by atoms with Crippen molar-refractivity contribution in [2.45, 2.75) is 24.9 Å². The third-order valence-electron chi connectivity index (χ3n) is 3.31. The molecule has 2 atom stereocenters. The molecule has 0 saturated heterocycles. The highest BCUT2D eigenvalue weighted by molar-refractivity contribution is 7.84. The highest BCUT2D eigenvalue weighted by atomic mass is 32.2. The summed E-state index contributed by atoms with van der Waals surface area (Å²) in [4.78, 5) is 0. The zero-order valence-electron chi connectivity index (χ0n) is 12.2. The van der Waals surface area contributed by atoms with Crippen LogP contribution in [-0.2, 0) is 16.6 Å². The van der Waals surface area contributed by atoms with Gasteiger partial charge in [-0.15, -0.1) is 0 Å². The fourth-order valence-corrected chi connectivity index (χ4v) is 3.41. The summed E-state index contributed by atoms with van der Waals surface area (Å²) < 4.78 is 31.8. The highest BCUT2D eigenvalue weighted by Crippen LogP contribution is 2.27. The topological polar surface area (TPSA) is 26.3 Å². The van der Waals surface area contributed by atoms with E-state index in [2.05, 4.69) is 0 Å². The van der Waals surface area contributed by atoms with Crippen molar-refractivity contribution in [2.75, 3.05) is 6.61 Å². The number of hydrogen-bond donors (Lipinski definition) is 0. The van der Waals surface area contributed by atoms with Gasteiger partial charge in [0.05, 0.1) is 17.6 Å². The van der Waals surface area contributed by atoms with Crippen molar-refractivity contribution in [3.63, 3.8) is 0 Å². The molecule has 0 N–H and O–H groups in total. The number of rotatable bonds is 6. The summed E-state index contributed by atoms with van der Waals surface area (Å²) in [7, 11) is -1.21. The van der Waals surface area contributed by atoms with Gasteiger partial charge in [-0.2, -0.15) is 0 Å². The Morgan fingerprint density at radius 3 is 2.52 bits per heavy atom. The SMILES string of the molecule is CCOc1ccccc1CS(=O)C(C)c1ccccc1F. The molecule has 0 aliphatic rings. The molecule has 2 unspecified atom stereocenters. The monoisotopic (exact) mass is 306 g/mol. The van der Waals surface area contributed by atoms with Gasteiger partial charge in [0.25, 0.3) is 0 Å². The summed E-state index contributed by atoms with van der Waals surface area (Å²) in [5.41, 5.74) is 1.38. The lowest BCUT2D eigenvalue weighted by Gasteiger charge is -2.15. The van der Waals surface area contributed by atoms with Crippen LogP contribution in [0.5, 0.6) is 5.75 Å². The Bertz CT molecular complexity index is 628. The number of para-hydroxylation sites is 1. The van der Waals surface area contributed by atoms with E-state index < -0.39 is 10.8 Å². The fourth-order valence-electron chi connectivity index (χ4n) is 2.14. The van der Waals surface area contributed by atoms with Crippen molar-refractivity contribution in [1.29, 1.82) is 0 Å². The lowest BCUT2D eigenvalue weighted by atomic mass is 10.1. The van der Waals surface area contributed by atoms with Crippen LogP contribution in [0.15, 0.2) is 48.5 Å². The summed E-state index contributed by atoms with van der Waals surface area (Å²) in [6.07, 6.45) is 0. The van der Waals surface area contributed by atoms with Crippen molar-refractivity contribution in [3.8, 4) is 5.75 Å². The molecule has 0 spiro atoms. The maximum atomic E-state index is 13.8. The minimum Gasteiger partial charge on any atom is -0.494 e. The number of hydrogen-bond acceptors (Lipinski definition) is 2. The molecule has 0 fully saturated rings. The Hall–Kier alpha value is -1.68. The third kappa shape index (κ3) is 3.91. The lowest BCUT2D eigenvalue weighted by molar-refractivity contribution is 0.337. The number of halogens is 1. The first-order valence-electron chi connectivity index (χ1n) is 6.95. The largest absolute Gasteiger partial charge is 0.494 e. The van der Waals surface area contributed by atoms with E-state index >= 15 is 0 Å². The summed E-state index contributed by atoms with van der Waals surface area (Å²) in [6.45, 7) is 4.26. The normalized spacial score (nSPS) is 13.7. The van der Waals surface area contributed by atoms with Crippen LogP contribution in [0.1, 0.15) is 30.2 Å². The van der Waals surface area contributed by atoms with Crippen LogP contribution >= 0.6 is 0 Å². The van der Waals surface area contributed by atoms with Crippen LogP contribution in [0.25, 0.3) is 0 Å². The van der Waals surface area contributed by atoms with Crippen LogP contribution in [0, 0.1) is 5.82 Å². The molecule has 0 amide bonds. The van der Waals surface area contributed by atoms with Crippen LogP contribution in [0.2, 0.25) is 0 Å². The van der Waals surface area contributed by atoms with E-state index in [0.29, 0.717) is 17.9 Å². The molecule has 2 nitrogen and oxygen atoms in total. The van der Waals surface area contributed by atoms with E-state index in [4.69, 9.17) is 4.74 Å². The van der Waals surface area contributed by atoms with Gasteiger partial charge in [-0.3, -0.25) is 4.21 Å². The first-order valence-corrected chi connectivity index (χ1v) is 8.34. The Morgan fingerprint density at radius 2 is 1.81 bits per heavy atom. The second-order valence-corrected chi connectivity index (χ2v) is 6.49. The standard InChI is InChI=1S/C17H19FO2S/c1-3-20-17-11-7-4-8-14(17)12-21(19)13(2)15-9-5-6-10-16(15)18/h4-11,13H,3,12H2,1-2H3. The molecule has 0 heterocycles. The first-order chi connectivity index (χ1) is 10.1. The van der Waals surface area contributed by atoms with Gasteiger partial charge in [-0.05, 0) is 26.0 Å². The van der Waals surface area contributed by atoms with Gasteiger partial charge in [-0.25, -0.2) is 4.39 Å². The van der Waals surface area contributed by atoms with Gasteiger partial charge in [0.1, 0.15) is 11.6 Å². The Balaban J connectivity index is 2.17. The minimum atomic E-state index is -1.21. The van der Waals surface area contributed by atoms with Crippen molar-refractivity contribution >= 4 is 10.8 Å². The van der Waals surface area contributed by atoms with Gasteiger partial charge in [0.15, 0.2) is 0 Å². The van der Waals surface area contributed by atoms with E-state index in [0.717, 1.165) is 11.3 Å². The van der Waals surface area contributed by atoms with E-state index in [-0.39, 0.29) is 11.1 Å². The summed E-state index contributed by atoms with van der Waals surface area (Å²) in [5.74, 6) is 0.789. The molecule has 0 radical (unpaired) electrons. The zero-order valence-corrected chi connectivity index (χ0v) is 13.0. The maximum absolute atomic E-state index is 13.8. The second-order valence-electron chi connectivity index (χ2n) is 4.73. The Kier molecular flexibility index (Phi) is 5.51. The summed E-state index contributed by atoms with van der Waals surface area (Å²) in [5, 5.41) is -0.360. The first kappa shape index (κ1) is 15.7. The molecule has 0 aliphatic heterocycles. The van der Waals surface area contributed by atoms with E-state index in [1.165, 1.54) is 6.07 Å². The fraction of sp³-hybridized carbons (Fsp3) is 0.294. The highest BCUT2D eigenvalue weighted by Gasteiger charge is 2.18. The molecule has 2 aromatic carbocycles. The van der Waals surface area contributed by atoms with Crippen LogP contribution in [0.3, 0.4) is 0 Å². The quantitative estimate of drug-likeness (QED) is 0.798. The average Bonchev–Trinajstić information content (AvgIpc) is 2.49. The van der Waals surface area contributed by atoms with Gasteiger partial charge < -0.3 is 4.74 Å². The molecule has 21 heavy (non-hydrogen) atoms. The van der Waals surface area contributed by atoms with Crippen molar-refractivity contribution in [3.05, 3.63) is 65.5 Å². The number of ether oxygens (including phenoxy) is 1. The van der Waals surface area contributed by atoms with Crippen molar-refractivity contribution < 1.29 is 13.3 Å². The predicted octanol–water partition coefficient (Wildman–Crippen LogP) is 4.23. The van der Waals surface area contributed by atoms with Crippen LogP contribution in [0.4, 0.5) is 4.39 Å². The minimum absolute atomic E-state index is 0.309. The second kappa shape index (κ2) is 7.36. The Labute approximate surface area is 127 Å². The molecule has 2 rings (SSSR count). The smallest absolute Gasteiger partial charge is 0.127 e. The predicted molar refractivity (Wildman–Crippen MR) is 84.3 cm³/mol. The lowest BCUT2D eigenvalue weighted by Crippen LogP contribution is -2.08. The molecule has 0 bridgehead atoms. The Morgan fingerprint density at radius 1 is 1.14 bits per heavy atom. The van der Waals surface area contributed by atoms with E-state index in [1.54, 1.807) is 25.1 Å². The molecule has 4 heteroatoms. The number of benzene rings is 2. The van der Waals surface area contributed by atoms with Crippen molar-refractivity contribution in [1.82, 2.24) is 0 Å². The summed E-state index contributed by atoms with van der Waals surface area (Å²) in [6, 6.07) is 14.0. The van der Waals surface area contributed by atoms with Crippen molar-refractivity contribution in [2.24, 2.45) is 0 Å². The van der Waals surface area contributed by atoms with E-state index in [9.17, 15) is 8.60 Å². The average molecular weight is 306 g/mol. The molecular formula is C17H19FO2S. The van der Waals surface area contributed by atoms with Crippen LogP contribution in [-0.4, -0.2) is 10.8 Å². The molecular weight excluding hydrogens is 287 g/mol. The molecule has 0 saturated carbocycles. The van der Waals surface area contributed by atoms with Gasteiger partial charge >= 0.3 is 0 Å². The molecule has 2 aromatic rings. The van der Waals surface area contributed by atoms with Gasteiger partial charge in [0.2, 0.25) is 0 Å². The van der Waals surface area contributed by atoms with Gasteiger partial charge in [-0.1, -0.05) is 36.4 Å². The third-order valence-corrected chi connectivity index (χ3v) is 4.95. The molecule has 112 valence electrons.